The molecule has 2 heterocycles. The van der Waals surface area contributed by atoms with E-state index in [4.69, 9.17) is 9.72 Å². The van der Waals surface area contributed by atoms with Crippen LogP contribution in [0.25, 0.3) is 22.3 Å². The van der Waals surface area contributed by atoms with E-state index in [1.54, 1.807) is 36.4 Å². The molecule has 0 radical (unpaired) electrons. The lowest BCUT2D eigenvalue weighted by Gasteiger charge is -2.29. The standard InChI is InChI=1S/C25H21N3O4S/c1-2-32-22-18(12-8-14-20(22)29)25-27(21(30)15-33-25)28-23(16-9-4-3-5-10-16)26-19-13-7-6-11-17(19)24(28)31/h3-14,25,29H,2,15H2,1H3. The number of aromatic nitrogens is 2. The van der Waals surface area contributed by atoms with Gasteiger partial charge in [-0.15, -0.1) is 11.8 Å². The molecule has 1 aliphatic rings. The molecule has 1 amide bonds. The number of nitrogens with zero attached hydrogens (tertiary/aromatic N) is 3. The van der Waals surface area contributed by atoms with Gasteiger partial charge in [-0.2, -0.15) is 4.68 Å². The van der Waals surface area contributed by atoms with E-state index in [9.17, 15) is 14.7 Å². The highest BCUT2D eigenvalue weighted by atomic mass is 32.2. The lowest BCUT2D eigenvalue weighted by molar-refractivity contribution is -0.117. The average Bonchev–Trinajstić information content (AvgIpc) is 3.21. The van der Waals surface area contributed by atoms with Crippen LogP contribution in [0.15, 0.2) is 77.6 Å². The first-order chi connectivity index (χ1) is 16.1. The molecule has 33 heavy (non-hydrogen) atoms. The van der Waals surface area contributed by atoms with Crippen LogP contribution in [0, 0.1) is 0 Å². The number of rotatable bonds is 5. The van der Waals surface area contributed by atoms with Gasteiger partial charge >= 0.3 is 0 Å². The second kappa shape index (κ2) is 8.63. The second-order valence-electron chi connectivity index (χ2n) is 7.47. The maximum Gasteiger partial charge on any atom is 0.280 e. The minimum atomic E-state index is -0.575. The molecule has 1 fully saturated rings. The Morgan fingerprint density at radius 1 is 1.03 bits per heavy atom. The number of ether oxygens (including phenoxy) is 1. The molecule has 5 rings (SSSR count). The highest BCUT2D eigenvalue weighted by Gasteiger charge is 2.39. The van der Waals surface area contributed by atoms with Gasteiger partial charge in [0.25, 0.3) is 11.5 Å². The van der Waals surface area contributed by atoms with Gasteiger partial charge < -0.3 is 9.84 Å². The van der Waals surface area contributed by atoms with E-state index >= 15 is 0 Å². The fourth-order valence-electron chi connectivity index (χ4n) is 3.99. The zero-order valence-electron chi connectivity index (χ0n) is 17.8. The first-order valence-corrected chi connectivity index (χ1v) is 11.6. The third-order valence-corrected chi connectivity index (χ3v) is 6.61. The summed E-state index contributed by atoms with van der Waals surface area (Å²) in [6, 6.07) is 21.5. The monoisotopic (exact) mass is 459 g/mol. The first-order valence-electron chi connectivity index (χ1n) is 10.6. The maximum atomic E-state index is 13.7. The van der Waals surface area contributed by atoms with Crippen LogP contribution in [-0.4, -0.2) is 33.0 Å². The van der Waals surface area contributed by atoms with E-state index in [2.05, 4.69) is 0 Å². The quantitative estimate of drug-likeness (QED) is 0.484. The van der Waals surface area contributed by atoms with Crippen molar-refractivity contribution >= 4 is 28.6 Å². The summed E-state index contributed by atoms with van der Waals surface area (Å²) < 4.78 is 7.08. The van der Waals surface area contributed by atoms with Gasteiger partial charge in [0.15, 0.2) is 17.3 Å². The van der Waals surface area contributed by atoms with Crippen molar-refractivity contribution in [1.82, 2.24) is 9.66 Å². The van der Waals surface area contributed by atoms with E-state index in [-0.39, 0.29) is 23.0 Å². The van der Waals surface area contributed by atoms with Crippen molar-refractivity contribution in [3.63, 3.8) is 0 Å². The summed E-state index contributed by atoms with van der Waals surface area (Å²) in [6.07, 6.45) is 0. The fraction of sp³-hybridized carbons (Fsp3) is 0.160. The zero-order chi connectivity index (χ0) is 22.9. The smallest absolute Gasteiger partial charge is 0.280 e. The Morgan fingerprint density at radius 2 is 1.79 bits per heavy atom. The Morgan fingerprint density at radius 3 is 2.58 bits per heavy atom. The summed E-state index contributed by atoms with van der Waals surface area (Å²) in [6.45, 7) is 2.18. The fourth-order valence-corrected chi connectivity index (χ4v) is 5.14. The molecule has 1 N–H and O–H groups in total. The predicted octanol–water partition coefficient (Wildman–Crippen LogP) is 4.08. The molecule has 0 spiro atoms. The molecule has 0 aliphatic carbocycles. The third kappa shape index (κ3) is 3.62. The van der Waals surface area contributed by atoms with Gasteiger partial charge in [0.1, 0.15) is 5.37 Å². The summed E-state index contributed by atoms with van der Waals surface area (Å²) in [5.74, 6) is 0.617. The van der Waals surface area contributed by atoms with E-state index in [1.807, 2.05) is 43.3 Å². The molecular formula is C25H21N3O4S. The second-order valence-corrected chi connectivity index (χ2v) is 8.53. The van der Waals surface area contributed by atoms with Crippen molar-refractivity contribution in [3.8, 4) is 22.9 Å². The molecule has 1 aromatic heterocycles. The van der Waals surface area contributed by atoms with Crippen molar-refractivity contribution in [2.75, 3.05) is 17.4 Å². The lowest BCUT2D eigenvalue weighted by Crippen LogP contribution is -2.46. The Balaban J connectivity index is 1.78. The number of carbonyl (C=O) groups excluding carboxylic acids is 1. The number of carbonyl (C=O) groups is 1. The van der Waals surface area contributed by atoms with Gasteiger partial charge in [0.05, 0.1) is 23.3 Å². The van der Waals surface area contributed by atoms with Crippen LogP contribution in [0.5, 0.6) is 11.5 Å². The number of hydrogen-bond acceptors (Lipinski definition) is 6. The molecule has 1 unspecified atom stereocenters. The molecule has 0 saturated carbocycles. The van der Waals surface area contributed by atoms with Crippen LogP contribution in [-0.2, 0) is 4.79 Å². The maximum absolute atomic E-state index is 13.7. The highest BCUT2D eigenvalue weighted by molar-refractivity contribution is 8.00. The van der Waals surface area contributed by atoms with Crippen molar-refractivity contribution in [3.05, 3.63) is 88.7 Å². The van der Waals surface area contributed by atoms with Crippen molar-refractivity contribution in [1.29, 1.82) is 0 Å². The van der Waals surface area contributed by atoms with E-state index in [0.29, 0.717) is 40.2 Å². The number of thioether (sulfide) groups is 1. The van der Waals surface area contributed by atoms with Gasteiger partial charge in [-0.1, -0.05) is 54.6 Å². The Bertz CT molecular complexity index is 1400. The van der Waals surface area contributed by atoms with Gasteiger partial charge in [0, 0.05) is 11.1 Å². The van der Waals surface area contributed by atoms with Gasteiger partial charge in [0.2, 0.25) is 0 Å². The topological polar surface area (TPSA) is 84.7 Å². The average molecular weight is 460 g/mol. The van der Waals surface area contributed by atoms with Crippen molar-refractivity contribution in [2.45, 2.75) is 12.3 Å². The van der Waals surface area contributed by atoms with Crippen LogP contribution >= 0.6 is 11.8 Å². The minimum Gasteiger partial charge on any atom is -0.504 e. The van der Waals surface area contributed by atoms with Crippen LogP contribution in [0.4, 0.5) is 0 Å². The molecule has 1 saturated heterocycles. The van der Waals surface area contributed by atoms with Crippen molar-refractivity contribution < 1.29 is 14.6 Å². The highest BCUT2D eigenvalue weighted by Crippen LogP contribution is 2.44. The van der Waals surface area contributed by atoms with E-state index < -0.39 is 5.37 Å². The number of phenolic OH excluding ortho intramolecular Hbond substituents is 1. The Labute approximate surface area is 194 Å². The molecule has 4 aromatic rings. The first kappa shape index (κ1) is 21.1. The van der Waals surface area contributed by atoms with Crippen LogP contribution < -0.4 is 15.3 Å². The summed E-state index contributed by atoms with van der Waals surface area (Å²) >= 11 is 1.37. The van der Waals surface area contributed by atoms with Crippen LogP contribution in [0.1, 0.15) is 17.9 Å². The van der Waals surface area contributed by atoms with Crippen LogP contribution in [0.3, 0.4) is 0 Å². The van der Waals surface area contributed by atoms with Crippen molar-refractivity contribution in [2.24, 2.45) is 0 Å². The lowest BCUT2D eigenvalue weighted by atomic mass is 10.1. The number of hydrogen-bond donors (Lipinski definition) is 1. The SMILES string of the molecule is CCOc1c(O)cccc1C1SCC(=O)N1n1c(-c2ccccc2)nc2ccccc2c1=O. The van der Waals surface area contributed by atoms with E-state index in [1.165, 1.54) is 21.4 Å². The van der Waals surface area contributed by atoms with E-state index in [0.717, 1.165) is 0 Å². The number of fused-ring (bicyclic) bond motifs is 1. The molecule has 3 aromatic carbocycles. The number of amides is 1. The molecule has 166 valence electrons. The molecule has 1 atom stereocenters. The summed E-state index contributed by atoms with van der Waals surface area (Å²) in [5.41, 5.74) is 1.55. The molecule has 8 heteroatoms. The number of aromatic hydroxyl groups is 1. The van der Waals surface area contributed by atoms with Gasteiger partial charge in [-0.3, -0.25) is 9.59 Å². The number of benzene rings is 3. The molecule has 7 nitrogen and oxygen atoms in total. The summed E-state index contributed by atoms with van der Waals surface area (Å²) in [5, 5.41) is 11.7. The van der Waals surface area contributed by atoms with Gasteiger partial charge in [-0.05, 0) is 25.1 Å². The molecule has 0 bridgehead atoms. The summed E-state index contributed by atoms with van der Waals surface area (Å²) in [4.78, 5) is 31.7. The number of phenols is 1. The molecule has 1 aliphatic heterocycles. The van der Waals surface area contributed by atoms with Crippen LogP contribution in [0.2, 0.25) is 0 Å². The predicted molar refractivity (Wildman–Crippen MR) is 129 cm³/mol. The largest absolute Gasteiger partial charge is 0.504 e. The minimum absolute atomic E-state index is 0.0125. The Hall–Kier alpha value is -3.78. The molecular weight excluding hydrogens is 438 g/mol. The Kier molecular flexibility index (Phi) is 5.51. The zero-order valence-corrected chi connectivity index (χ0v) is 18.7. The normalized spacial score (nSPS) is 15.8. The number of para-hydroxylation sites is 2. The third-order valence-electron chi connectivity index (χ3n) is 5.42. The summed E-state index contributed by atoms with van der Waals surface area (Å²) in [7, 11) is 0. The van der Waals surface area contributed by atoms with Gasteiger partial charge in [-0.25, -0.2) is 9.99 Å².